The van der Waals surface area contributed by atoms with E-state index in [0.29, 0.717) is 24.9 Å². The normalized spacial score (nSPS) is 20.1. The quantitative estimate of drug-likeness (QED) is 0.813. The summed E-state index contributed by atoms with van der Waals surface area (Å²) in [6.07, 6.45) is 2.79. The zero-order valence-corrected chi connectivity index (χ0v) is 11.7. The second-order valence-corrected chi connectivity index (χ2v) is 5.77. The highest BCUT2D eigenvalue weighted by Gasteiger charge is 2.28. The van der Waals surface area contributed by atoms with Crippen LogP contribution < -0.4 is 0 Å². The predicted octanol–water partition coefficient (Wildman–Crippen LogP) is 3.06. The molecule has 19 heavy (non-hydrogen) atoms. The van der Waals surface area contributed by atoms with Crippen LogP contribution in [0.5, 0.6) is 0 Å². The van der Waals surface area contributed by atoms with Gasteiger partial charge in [-0.25, -0.2) is 4.39 Å². The van der Waals surface area contributed by atoms with Gasteiger partial charge in [-0.1, -0.05) is 26.0 Å². The van der Waals surface area contributed by atoms with E-state index in [1.54, 1.807) is 12.1 Å². The zero-order chi connectivity index (χ0) is 13.8. The summed E-state index contributed by atoms with van der Waals surface area (Å²) >= 11 is 0. The first-order valence-electron chi connectivity index (χ1n) is 7.06. The summed E-state index contributed by atoms with van der Waals surface area (Å²) in [6.45, 7) is 5.99. The monoisotopic (exact) mass is 263 g/mol. The maximum Gasteiger partial charge on any atom is 0.151 e. The van der Waals surface area contributed by atoms with Gasteiger partial charge in [-0.05, 0) is 43.0 Å². The van der Waals surface area contributed by atoms with Crippen LogP contribution in [0.3, 0.4) is 0 Å². The van der Waals surface area contributed by atoms with E-state index in [0.717, 1.165) is 12.1 Å². The van der Waals surface area contributed by atoms with Crippen molar-refractivity contribution in [1.29, 1.82) is 0 Å². The molecule has 0 radical (unpaired) electrons. The molecule has 1 aliphatic heterocycles. The lowest BCUT2D eigenvalue weighted by molar-refractivity contribution is -0.119. The van der Waals surface area contributed by atoms with E-state index in [4.69, 9.17) is 0 Å². The van der Waals surface area contributed by atoms with Gasteiger partial charge in [0.05, 0.1) is 6.54 Å². The number of nitrogens with zero attached hydrogens (tertiary/aromatic N) is 1. The standard InChI is InChI=1S/C16H22FNO/c1-12(2)16-4-3-9-18(16)11-15(19)10-13-5-7-14(17)8-6-13/h5-8,12,16H,3-4,9-11H2,1-2H3. The second kappa shape index (κ2) is 6.29. The highest BCUT2D eigenvalue weighted by atomic mass is 19.1. The van der Waals surface area contributed by atoms with Crippen LogP contribution in [0.1, 0.15) is 32.3 Å². The molecule has 1 aromatic carbocycles. The third-order valence-corrected chi connectivity index (χ3v) is 3.88. The van der Waals surface area contributed by atoms with E-state index in [-0.39, 0.29) is 11.6 Å². The summed E-state index contributed by atoms with van der Waals surface area (Å²) in [6, 6.07) is 6.75. The van der Waals surface area contributed by atoms with Gasteiger partial charge in [0.25, 0.3) is 0 Å². The second-order valence-electron chi connectivity index (χ2n) is 5.77. The number of carbonyl (C=O) groups is 1. The molecule has 2 rings (SSSR count). The van der Waals surface area contributed by atoms with E-state index >= 15 is 0 Å². The molecular weight excluding hydrogens is 241 g/mol. The Kier molecular flexibility index (Phi) is 4.70. The Hall–Kier alpha value is -1.22. The third-order valence-electron chi connectivity index (χ3n) is 3.88. The van der Waals surface area contributed by atoms with Gasteiger partial charge in [0.15, 0.2) is 5.78 Å². The molecule has 1 aliphatic rings. The molecule has 0 aliphatic carbocycles. The van der Waals surface area contributed by atoms with Crippen LogP contribution in [0.25, 0.3) is 0 Å². The molecule has 0 aromatic heterocycles. The van der Waals surface area contributed by atoms with Gasteiger partial charge in [-0.3, -0.25) is 9.69 Å². The number of halogens is 1. The summed E-state index contributed by atoms with van der Waals surface area (Å²) < 4.78 is 12.8. The predicted molar refractivity (Wildman–Crippen MR) is 74.5 cm³/mol. The SMILES string of the molecule is CC(C)C1CCCN1CC(=O)Cc1ccc(F)cc1. The molecular formula is C16H22FNO. The van der Waals surface area contributed by atoms with Crippen LogP contribution in [-0.2, 0) is 11.2 Å². The minimum absolute atomic E-state index is 0.221. The average molecular weight is 263 g/mol. The van der Waals surface area contributed by atoms with Gasteiger partial charge in [-0.15, -0.1) is 0 Å². The molecule has 0 saturated carbocycles. The molecule has 1 fully saturated rings. The maximum atomic E-state index is 12.8. The Morgan fingerprint density at radius 1 is 1.37 bits per heavy atom. The lowest BCUT2D eigenvalue weighted by Crippen LogP contribution is -2.37. The lowest BCUT2D eigenvalue weighted by Gasteiger charge is -2.26. The van der Waals surface area contributed by atoms with Crippen molar-refractivity contribution in [3.63, 3.8) is 0 Å². The van der Waals surface area contributed by atoms with E-state index < -0.39 is 0 Å². The first-order chi connectivity index (χ1) is 9.06. The van der Waals surface area contributed by atoms with Crippen molar-refractivity contribution in [2.24, 2.45) is 5.92 Å². The summed E-state index contributed by atoms with van der Waals surface area (Å²) in [5.41, 5.74) is 0.895. The molecule has 1 atom stereocenters. The molecule has 104 valence electrons. The number of rotatable bonds is 5. The molecule has 1 aromatic rings. The van der Waals surface area contributed by atoms with E-state index in [1.165, 1.54) is 25.0 Å². The topological polar surface area (TPSA) is 20.3 Å². The number of carbonyl (C=O) groups excluding carboxylic acids is 1. The smallest absolute Gasteiger partial charge is 0.151 e. The largest absolute Gasteiger partial charge is 0.298 e. The zero-order valence-electron chi connectivity index (χ0n) is 11.7. The fraction of sp³-hybridized carbons (Fsp3) is 0.562. The fourth-order valence-corrected chi connectivity index (χ4v) is 2.92. The first kappa shape index (κ1) is 14.2. The van der Waals surface area contributed by atoms with E-state index in [9.17, 15) is 9.18 Å². The highest BCUT2D eigenvalue weighted by Crippen LogP contribution is 2.23. The van der Waals surface area contributed by atoms with Crippen molar-refractivity contribution in [2.45, 2.75) is 39.2 Å². The molecule has 1 saturated heterocycles. The van der Waals surface area contributed by atoms with Crippen molar-refractivity contribution < 1.29 is 9.18 Å². The van der Waals surface area contributed by atoms with Gasteiger partial charge in [0.2, 0.25) is 0 Å². The van der Waals surface area contributed by atoms with Crippen LogP contribution in [0, 0.1) is 11.7 Å². The summed E-state index contributed by atoms with van der Waals surface area (Å²) in [5.74, 6) is 0.566. The van der Waals surface area contributed by atoms with Crippen LogP contribution in [0.2, 0.25) is 0 Å². The van der Waals surface area contributed by atoms with Crippen LogP contribution in [0.4, 0.5) is 4.39 Å². The molecule has 1 heterocycles. The average Bonchev–Trinajstić information content (AvgIpc) is 2.80. The van der Waals surface area contributed by atoms with Gasteiger partial charge >= 0.3 is 0 Å². The van der Waals surface area contributed by atoms with Crippen LogP contribution >= 0.6 is 0 Å². The number of Topliss-reactive ketones (excluding diaryl/α,β-unsaturated/α-hetero) is 1. The molecule has 0 bridgehead atoms. The van der Waals surface area contributed by atoms with Gasteiger partial charge in [0.1, 0.15) is 5.82 Å². The number of ketones is 1. The molecule has 0 N–H and O–H groups in total. The van der Waals surface area contributed by atoms with Crippen molar-refractivity contribution in [3.8, 4) is 0 Å². The number of hydrogen-bond acceptors (Lipinski definition) is 2. The molecule has 3 heteroatoms. The number of benzene rings is 1. The Balaban J connectivity index is 1.89. The minimum atomic E-state index is -0.254. The van der Waals surface area contributed by atoms with Gasteiger partial charge in [-0.2, -0.15) is 0 Å². The van der Waals surface area contributed by atoms with Gasteiger partial charge in [0, 0.05) is 12.5 Å². The lowest BCUT2D eigenvalue weighted by atomic mass is 10.0. The Labute approximate surface area is 114 Å². The highest BCUT2D eigenvalue weighted by molar-refractivity contribution is 5.82. The number of hydrogen-bond donors (Lipinski definition) is 0. The molecule has 0 spiro atoms. The molecule has 2 nitrogen and oxygen atoms in total. The summed E-state index contributed by atoms with van der Waals surface area (Å²) in [4.78, 5) is 14.4. The summed E-state index contributed by atoms with van der Waals surface area (Å²) in [5, 5.41) is 0. The Morgan fingerprint density at radius 3 is 2.68 bits per heavy atom. The molecule has 0 amide bonds. The maximum absolute atomic E-state index is 12.8. The third kappa shape index (κ3) is 3.87. The Bertz CT molecular complexity index is 427. The van der Waals surface area contributed by atoms with Crippen molar-refractivity contribution in [3.05, 3.63) is 35.6 Å². The number of likely N-dealkylation sites (tertiary alicyclic amines) is 1. The van der Waals surface area contributed by atoms with Crippen LogP contribution in [-0.4, -0.2) is 29.8 Å². The van der Waals surface area contributed by atoms with E-state index in [1.807, 2.05) is 0 Å². The summed E-state index contributed by atoms with van der Waals surface area (Å²) in [7, 11) is 0. The van der Waals surface area contributed by atoms with Gasteiger partial charge < -0.3 is 0 Å². The Morgan fingerprint density at radius 2 is 2.05 bits per heavy atom. The fourth-order valence-electron chi connectivity index (χ4n) is 2.92. The van der Waals surface area contributed by atoms with E-state index in [2.05, 4.69) is 18.7 Å². The minimum Gasteiger partial charge on any atom is -0.298 e. The van der Waals surface area contributed by atoms with Crippen molar-refractivity contribution in [2.75, 3.05) is 13.1 Å². The van der Waals surface area contributed by atoms with Crippen LogP contribution in [0.15, 0.2) is 24.3 Å². The molecule has 1 unspecified atom stereocenters. The first-order valence-corrected chi connectivity index (χ1v) is 7.06. The van der Waals surface area contributed by atoms with Crippen molar-refractivity contribution >= 4 is 5.78 Å². The van der Waals surface area contributed by atoms with Crippen molar-refractivity contribution in [1.82, 2.24) is 4.90 Å².